The number of sulfone groups is 1. The number of furan rings is 1. The van der Waals surface area contributed by atoms with Crippen LogP contribution in [0.15, 0.2) is 45.9 Å². The molecule has 5 rings (SSSR count). The van der Waals surface area contributed by atoms with Crippen LogP contribution in [0.5, 0.6) is 0 Å². The first-order valence-corrected chi connectivity index (χ1v) is 14.6. The molecule has 1 aromatic carbocycles. The number of hydrogen-bond acceptors (Lipinski definition) is 7. The second-order valence-electron chi connectivity index (χ2n) is 9.35. The standard InChI is InChI=1S/C24H30ClN3O3S2/c25-22-9-10-23(31-22)33(29,30)17-19-7-5-18(6-8-19)11-12-27-13-15-28(16-14-27)24-20-3-1-2-4-21(20)32-26-24/h1-4,9-10,18-19H,5-8,11-17H2. The summed E-state index contributed by atoms with van der Waals surface area (Å²) >= 11 is 7.33. The number of benzene rings is 1. The van der Waals surface area contributed by atoms with Crippen LogP contribution >= 0.6 is 23.1 Å². The minimum Gasteiger partial charge on any atom is -0.433 e. The quantitative estimate of drug-likeness (QED) is 0.430. The molecule has 0 N–H and O–H groups in total. The van der Waals surface area contributed by atoms with Crippen molar-refractivity contribution in [2.75, 3.05) is 43.4 Å². The highest BCUT2D eigenvalue weighted by molar-refractivity contribution is 7.91. The Morgan fingerprint density at radius 1 is 1.00 bits per heavy atom. The van der Waals surface area contributed by atoms with Crippen LogP contribution in [0.2, 0.25) is 5.22 Å². The summed E-state index contributed by atoms with van der Waals surface area (Å²) in [5.74, 6) is 2.21. The number of halogens is 1. The second-order valence-corrected chi connectivity index (χ2v) is 12.5. The average Bonchev–Trinajstić information content (AvgIpc) is 3.46. The Labute approximate surface area is 204 Å². The molecule has 1 saturated carbocycles. The van der Waals surface area contributed by atoms with E-state index in [0.29, 0.717) is 5.92 Å². The van der Waals surface area contributed by atoms with Gasteiger partial charge in [0, 0.05) is 31.6 Å². The lowest BCUT2D eigenvalue weighted by Gasteiger charge is -2.36. The highest BCUT2D eigenvalue weighted by Gasteiger charge is 2.29. The van der Waals surface area contributed by atoms with E-state index in [1.807, 2.05) is 0 Å². The van der Waals surface area contributed by atoms with Gasteiger partial charge in [-0.25, -0.2) is 8.42 Å². The summed E-state index contributed by atoms with van der Waals surface area (Å²) in [5.41, 5.74) is 0. The molecule has 0 unspecified atom stereocenters. The maximum absolute atomic E-state index is 12.5. The van der Waals surface area contributed by atoms with Crippen molar-refractivity contribution >= 4 is 48.9 Å². The van der Waals surface area contributed by atoms with E-state index in [9.17, 15) is 8.42 Å². The number of anilines is 1. The largest absolute Gasteiger partial charge is 0.433 e. The summed E-state index contributed by atoms with van der Waals surface area (Å²) in [6.07, 6.45) is 5.38. The van der Waals surface area contributed by atoms with Gasteiger partial charge in [-0.2, -0.15) is 4.37 Å². The van der Waals surface area contributed by atoms with Gasteiger partial charge in [0.25, 0.3) is 0 Å². The van der Waals surface area contributed by atoms with E-state index in [4.69, 9.17) is 20.4 Å². The van der Waals surface area contributed by atoms with Gasteiger partial charge in [0.15, 0.2) is 5.22 Å². The average molecular weight is 508 g/mol. The maximum atomic E-state index is 12.5. The zero-order valence-electron chi connectivity index (χ0n) is 18.7. The van der Waals surface area contributed by atoms with Crippen LogP contribution in [0.4, 0.5) is 5.82 Å². The first kappa shape index (κ1) is 23.1. The molecule has 0 amide bonds. The summed E-state index contributed by atoms with van der Waals surface area (Å²) in [5, 5.41) is 1.39. The van der Waals surface area contributed by atoms with Gasteiger partial charge >= 0.3 is 0 Å². The maximum Gasteiger partial charge on any atom is 0.220 e. The van der Waals surface area contributed by atoms with Gasteiger partial charge in [-0.05, 0) is 85.0 Å². The molecule has 0 bridgehead atoms. The van der Waals surface area contributed by atoms with Gasteiger partial charge in [0.1, 0.15) is 5.82 Å². The van der Waals surface area contributed by atoms with Crippen molar-refractivity contribution in [3.63, 3.8) is 0 Å². The van der Waals surface area contributed by atoms with Crippen molar-refractivity contribution < 1.29 is 12.8 Å². The molecule has 33 heavy (non-hydrogen) atoms. The molecule has 1 aliphatic heterocycles. The lowest BCUT2D eigenvalue weighted by atomic mass is 9.81. The zero-order chi connectivity index (χ0) is 22.8. The summed E-state index contributed by atoms with van der Waals surface area (Å²) in [4.78, 5) is 5.00. The highest BCUT2D eigenvalue weighted by Crippen LogP contribution is 2.34. The number of rotatable bonds is 7. The Kier molecular flexibility index (Phi) is 6.97. The number of aromatic nitrogens is 1. The molecule has 2 aromatic heterocycles. The molecule has 3 heterocycles. The topological polar surface area (TPSA) is 66.7 Å². The Morgan fingerprint density at radius 2 is 1.73 bits per heavy atom. The number of fused-ring (bicyclic) bond motifs is 1. The van der Waals surface area contributed by atoms with E-state index >= 15 is 0 Å². The molecule has 0 radical (unpaired) electrons. The number of piperazine rings is 1. The zero-order valence-corrected chi connectivity index (χ0v) is 21.0. The van der Waals surface area contributed by atoms with Crippen LogP contribution in [0.1, 0.15) is 32.1 Å². The van der Waals surface area contributed by atoms with Crippen molar-refractivity contribution in [3.8, 4) is 0 Å². The van der Waals surface area contributed by atoms with Crippen molar-refractivity contribution in [1.29, 1.82) is 0 Å². The fraction of sp³-hybridized carbons (Fsp3) is 0.542. The Hall–Kier alpha value is -1.61. The first-order chi connectivity index (χ1) is 16.0. The molecule has 1 aliphatic carbocycles. The van der Waals surface area contributed by atoms with Crippen molar-refractivity contribution in [3.05, 3.63) is 41.6 Å². The third-order valence-electron chi connectivity index (χ3n) is 7.16. The van der Waals surface area contributed by atoms with Crippen LogP contribution in [-0.2, 0) is 9.84 Å². The van der Waals surface area contributed by atoms with Crippen molar-refractivity contribution in [2.45, 2.75) is 37.2 Å². The van der Waals surface area contributed by atoms with E-state index in [0.717, 1.165) is 64.2 Å². The van der Waals surface area contributed by atoms with E-state index < -0.39 is 9.84 Å². The first-order valence-electron chi connectivity index (χ1n) is 11.8. The van der Waals surface area contributed by atoms with E-state index in [2.05, 4.69) is 34.1 Å². The molecule has 178 valence electrons. The van der Waals surface area contributed by atoms with Gasteiger partial charge in [0.2, 0.25) is 14.9 Å². The molecule has 2 aliphatic rings. The van der Waals surface area contributed by atoms with Gasteiger partial charge in [0.05, 0.1) is 10.5 Å². The summed E-state index contributed by atoms with van der Waals surface area (Å²) in [6, 6.07) is 11.4. The SMILES string of the molecule is O=S(=O)(CC1CCC(CCN2CCN(c3nsc4ccccc34)CC2)CC1)c1ccc(Cl)o1. The monoisotopic (exact) mass is 507 g/mol. The molecule has 0 spiro atoms. The van der Waals surface area contributed by atoms with E-state index in [1.165, 1.54) is 28.6 Å². The Morgan fingerprint density at radius 3 is 2.45 bits per heavy atom. The Bertz CT molecular complexity index is 1180. The summed E-state index contributed by atoms with van der Waals surface area (Å²) in [7, 11) is -3.39. The summed E-state index contributed by atoms with van der Waals surface area (Å²) in [6.45, 7) is 5.32. The minimum atomic E-state index is -3.39. The molecule has 3 aromatic rings. The predicted molar refractivity (Wildman–Crippen MR) is 134 cm³/mol. The van der Waals surface area contributed by atoms with Crippen molar-refractivity contribution in [1.82, 2.24) is 9.27 Å². The molecule has 2 fully saturated rings. The van der Waals surface area contributed by atoms with Gasteiger partial charge in [-0.3, -0.25) is 4.90 Å². The minimum absolute atomic E-state index is 0.000542. The van der Waals surface area contributed by atoms with Gasteiger partial charge < -0.3 is 9.32 Å². The molecular weight excluding hydrogens is 478 g/mol. The van der Waals surface area contributed by atoms with Gasteiger partial charge in [-0.1, -0.05) is 25.0 Å². The molecule has 0 atom stereocenters. The normalized spacial score (nSPS) is 22.8. The van der Waals surface area contributed by atoms with Crippen molar-refractivity contribution in [2.24, 2.45) is 11.8 Å². The van der Waals surface area contributed by atoms with Crippen LogP contribution in [0.3, 0.4) is 0 Å². The molecule has 9 heteroatoms. The number of hydrogen-bond donors (Lipinski definition) is 0. The fourth-order valence-corrected chi connectivity index (χ4v) is 7.79. The molecular formula is C24H30ClN3O3S2. The van der Waals surface area contributed by atoms with Crippen LogP contribution < -0.4 is 4.90 Å². The third kappa shape index (κ3) is 5.39. The fourth-order valence-electron chi connectivity index (χ4n) is 5.19. The smallest absolute Gasteiger partial charge is 0.220 e. The Balaban J connectivity index is 1.04. The van der Waals surface area contributed by atoms with Crippen LogP contribution in [-0.4, -0.2) is 56.2 Å². The second kappa shape index (κ2) is 9.94. The number of nitrogens with zero attached hydrogens (tertiary/aromatic N) is 3. The lowest BCUT2D eigenvalue weighted by molar-refractivity contribution is 0.208. The molecule has 1 saturated heterocycles. The molecule has 6 nitrogen and oxygen atoms in total. The van der Waals surface area contributed by atoms with E-state index in [-0.39, 0.29) is 22.0 Å². The lowest BCUT2D eigenvalue weighted by Crippen LogP contribution is -2.47. The predicted octanol–water partition coefficient (Wildman–Crippen LogP) is 5.34. The van der Waals surface area contributed by atoms with Crippen LogP contribution in [0, 0.1) is 11.8 Å². The summed E-state index contributed by atoms with van der Waals surface area (Å²) < 4.78 is 36.2. The van der Waals surface area contributed by atoms with Crippen LogP contribution in [0.25, 0.3) is 10.1 Å². The highest BCUT2D eigenvalue weighted by atomic mass is 35.5. The third-order valence-corrected chi connectivity index (χ3v) is 9.92. The van der Waals surface area contributed by atoms with Gasteiger partial charge in [-0.15, -0.1) is 0 Å². The van der Waals surface area contributed by atoms with E-state index in [1.54, 1.807) is 11.5 Å².